The van der Waals surface area contributed by atoms with Crippen molar-refractivity contribution in [3.63, 3.8) is 0 Å². The summed E-state index contributed by atoms with van der Waals surface area (Å²) in [4.78, 5) is 6.92. The molecule has 0 aromatic heterocycles. The molecule has 0 aliphatic rings. The van der Waals surface area contributed by atoms with Gasteiger partial charge in [-0.1, -0.05) is 30.3 Å². The van der Waals surface area contributed by atoms with Gasteiger partial charge in [0.25, 0.3) is 0 Å². The van der Waals surface area contributed by atoms with Crippen LogP contribution in [0.5, 0.6) is 0 Å². The summed E-state index contributed by atoms with van der Waals surface area (Å²) < 4.78 is 23.0. The van der Waals surface area contributed by atoms with E-state index in [1.165, 1.54) is 11.9 Å². The van der Waals surface area contributed by atoms with E-state index in [0.29, 0.717) is 11.4 Å². The summed E-state index contributed by atoms with van der Waals surface area (Å²) in [5.41, 5.74) is 2.24. The second kappa shape index (κ2) is 12.7. The van der Waals surface area contributed by atoms with Gasteiger partial charge in [0, 0.05) is 45.2 Å². The van der Waals surface area contributed by atoms with Gasteiger partial charge in [0.2, 0.25) is 0 Å². The molecule has 0 unspecified atom stereocenters. The van der Waals surface area contributed by atoms with Gasteiger partial charge in [-0.15, -0.1) is 24.0 Å². The summed E-state index contributed by atoms with van der Waals surface area (Å²) in [5, 5.41) is 6.58. The number of anilines is 1. The highest BCUT2D eigenvalue weighted by molar-refractivity contribution is 14.0. The number of hydrogen-bond acceptors (Lipinski definition) is 4. The van der Waals surface area contributed by atoms with Gasteiger partial charge in [-0.05, 0) is 43.2 Å². The third-order valence-electron chi connectivity index (χ3n) is 4.44. The summed E-state index contributed by atoms with van der Waals surface area (Å²) in [5.74, 6) is 0.731. The van der Waals surface area contributed by atoms with Crippen LogP contribution in [0, 0.1) is 0 Å². The van der Waals surface area contributed by atoms with Crippen molar-refractivity contribution in [3.05, 3.63) is 60.2 Å². The van der Waals surface area contributed by atoms with E-state index in [1.807, 2.05) is 18.2 Å². The number of halogens is 1. The van der Waals surface area contributed by atoms with Crippen molar-refractivity contribution in [1.29, 1.82) is 0 Å². The summed E-state index contributed by atoms with van der Waals surface area (Å²) in [6.45, 7) is 5.50. The fraction of sp³-hybridized carbons (Fsp3) is 0.381. The highest BCUT2D eigenvalue weighted by atomic mass is 127. The van der Waals surface area contributed by atoms with E-state index >= 15 is 0 Å². The molecule has 0 atom stereocenters. The third-order valence-corrected chi connectivity index (χ3v) is 5.56. The molecule has 2 aromatic carbocycles. The van der Waals surface area contributed by atoms with Crippen LogP contribution in [0.3, 0.4) is 0 Å². The van der Waals surface area contributed by atoms with Crippen LogP contribution in [0.25, 0.3) is 0 Å². The van der Waals surface area contributed by atoms with Gasteiger partial charge < -0.3 is 15.5 Å². The molecule has 0 heterocycles. The van der Waals surface area contributed by atoms with Crippen molar-refractivity contribution in [2.75, 3.05) is 37.8 Å². The number of hydrogen-bond donors (Lipinski definition) is 2. The van der Waals surface area contributed by atoms with Crippen molar-refractivity contribution in [1.82, 2.24) is 10.6 Å². The zero-order valence-electron chi connectivity index (χ0n) is 17.3. The maximum Gasteiger partial charge on any atom is 0.191 e. The number of rotatable bonds is 9. The van der Waals surface area contributed by atoms with Crippen LogP contribution < -0.4 is 15.5 Å². The van der Waals surface area contributed by atoms with Crippen molar-refractivity contribution in [3.8, 4) is 0 Å². The minimum Gasteiger partial charge on any atom is -0.372 e. The largest absolute Gasteiger partial charge is 0.372 e. The summed E-state index contributed by atoms with van der Waals surface area (Å²) >= 11 is 0. The van der Waals surface area contributed by atoms with Crippen LogP contribution in [0.1, 0.15) is 18.9 Å². The molecule has 0 saturated heterocycles. The Hall–Kier alpha value is -1.81. The fourth-order valence-electron chi connectivity index (χ4n) is 2.85. The second-order valence-corrected chi connectivity index (χ2v) is 8.55. The lowest BCUT2D eigenvalue weighted by atomic mass is 10.2. The Morgan fingerprint density at radius 2 is 1.69 bits per heavy atom. The molecule has 0 aliphatic carbocycles. The number of guanidine groups is 1. The lowest BCUT2D eigenvalue weighted by molar-refractivity contribution is 0.602. The van der Waals surface area contributed by atoms with Gasteiger partial charge in [-0.3, -0.25) is 4.99 Å². The molecule has 0 saturated carbocycles. The molecule has 0 spiro atoms. The molecule has 0 amide bonds. The highest BCUT2D eigenvalue weighted by Gasteiger charge is 2.07. The maximum atomic E-state index is 11.5. The van der Waals surface area contributed by atoms with E-state index in [4.69, 9.17) is 0 Å². The molecule has 0 fully saturated rings. The minimum atomic E-state index is -3.16. The molecule has 0 radical (unpaired) electrons. The number of para-hydroxylation sites is 1. The van der Waals surface area contributed by atoms with Crippen LogP contribution >= 0.6 is 24.0 Å². The molecule has 0 bridgehead atoms. The Bertz CT molecular complexity index is 856. The Balaban J connectivity index is 0.00000420. The van der Waals surface area contributed by atoms with E-state index in [1.54, 1.807) is 19.2 Å². The monoisotopic (exact) mass is 530 g/mol. The third kappa shape index (κ3) is 8.61. The number of sulfone groups is 1. The van der Waals surface area contributed by atoms with Gasteiger partial charge in [0.05, 0.1) is 4.90 Å². The first-order valence-corrected chi connectivity index (χ1v) is 11.4. The van der Waals surface area contributed by atoms with Crippen molar-refractivity contribution < 1.29 is 8.42 Å². The molecule has 8 heteroatoms. The molecule has 160 valence electrons. The first-order valence-electron chi connectivity index (χ1n) is 9.47. The van der Waals surface area contributed by atoms with Crippen LogP contribution in [0.2, 0.25) is 0 Å². The van der Waals surface area contributed by atoms with Gasteiger partial charge >= 0.3 is 0 Å². The average molecular weight is 530 g/mol. The molecule has 2 aromatic rings. The average Bonchev–Trinajstić information content (AvgIpc) is 2.70. The molecule has 6 nitrogen and oxygen atoms in total. The molecular weight excluding hydrogens is 499 g/mol. The van der Waals surface area contributed by atoms with E-state index in [2.05, 4.69) is 51.7 Å². The van der Waals surface area contributed by atoms with Gasteiger partial charge in [0.1, 0.15) is 0 Å². The molecule has 2 rings (SSSR count). The van der Waals surface area contributed by atoms with E-state index < -0.39 is 9.84 Å². The van der Waals surface area contributed by atoms with Crippen molar-refractivity contribution in [2.45, 2.75) is 24.8 Å². The lowest BCUT2D eigenvalue weighted by Gasteiger charge is -2.23. The minimum absolute atomic E-state index is 0. The summed E-state index contributed by atoms with van der Waals surface area (Å²) in [7, 11) is -1.42. The van der Waals surface area contributed by atoms with Crippen LogP contribution in [-0.4, -0.2) is 47.3 Å². The Labute approximate surface area is 191 Å². The Kier molecular flexibility index (Phi) is 11.0. The topological polar surface area (TPSA) is 73.8 Å². The number of nitrogens with one attached hydrogen (secondary N) is 2. The van der Waals surface area contributed by atoms with Gasteiger partial charge in [-0.2, -0.15) is 0 Å². The predicted molar refractivity (Wildman–Crippen MR) is 132 cm³/mol. The molecule has 29 heavy (non-hydrogen) atoms. The first kappa shape index (κ1) is 25.2. The van der Waals surface area contributed by atoms with Gasteiger partial charge in [0.15, 0.2) is 15.8 Å². The van der Waals surface area contributed by atoms with Crippen molar-refractivity contribution in [2.24, 2.45) is 4.99 Å². The summed E-state index contributed by atoms with van der Waals surface area (Å²) in [6, 6.07) is 17.3. The van der Waals surface area contributed by atoms with E-state index in [0.717, 1.165) is 37.6 Å². The highest BCUT2D eigenvalue weighted by Crippen LogP contribution is 2.13. The second-order valence-electron chi connectivity index (χ2n) is 6.54. The summed E-state index contributed by atoms with van der Waals surface area (Å²) in [6.07, 6.45) is 2.20. The van der Waals surface area contributed by atoms with Crippen LogP contribution in [0.15, 0.2) is 64.5 Å². The smallest absolute Gasteiger partial charge is 0.191 e. The Morgan fingerprint density at radius 1 is 1.03 bits per heavy atom. The van der Waals surface area contributed by atoms with Crippen molar-refractivity contribution >= 4 is 45.5 Å². The standard InChI is InChI=1S/C21H30N4O2S.HI/c1-4-25(19-9-6-5-7-10-19)16-8-15-23-21(22-2)24-17-18-11-13-20(14-12-18)28(3,26)27;/h5-7,9-14H,4,8,15-17H2,1-3H3,(H2,22,23,24);1H. The maximum absolute atomic E-state index is 11.5. The number of aliphatic imine (C=N–C) groups is 1. The van der Waals surface area contributed by atoms with E-state index in [-0.39, 0.29) is 24.0 Å². The van der Waals surface area contributed by atoms with E-state index in [9.17, 15) is 8.42 Å². The first-order chi connectivity index (χ1) is 13.4. The molecule has 0 aliphatic heterocycles. The van der Waals surface area contributed by atoms with Gasteiger partial charge in [-0.25, -0.2) is 8.42 Å². The quantitative estimate of drug-likeness (QED) is 0.225. The zero-order valence-corrected chi connectivity index (χ0v) is 20.4. The number of benzene rings is 2. The molecular formula is C21H31IN4O2S. The Morgan fingerprint density at radius 3 is 2.24 bits per heavy atom. The SMILES string of the molecule is CCN(CCCNC(=NC)NCc1ccc(S(C)(=O)=O)cc1)c1ccccc1.I. The molecule has 2 N–H and O–H groups in total. The fourth-order valence-corrected chi connectivity index (χ4v) is 3.48. The predicted octanol–water partition coefficient (Wildman–Crippen LogP) is 3.29. The number of nitrogens with zero attached hydrogens (tertiary/aromatic N) is 2. The lowest BCUT2D eigenvalue weighted by Crippen LogP contribution is -2.38. The van der Waals surface area contributed by atoms with Crippen LogP contribution in [0.4, 0.5) is 5.69 Å². The van der Waals surface area contributed by atoms with Crippen LogP contribution in [-0.2, 0) is 16.4 Å². The zero-order chi connectivity index (χ0) is 20.4. The normalized spacial score (nSPS) is 11.5.